The van der Waals surface area contributed by atoms with E-state index in [9.17, 15) is 15.0 Å². The van der Waals surface area contributed by atoms with Crippen molar-refractivity contribution in [1.82, 2.24) is 10.6 Å². The Morgan fingerprint density at radius 1 is 1.10 bits per heavy atom. The lowest BCUT2D eigenvalue weighted by atomic mass is 9.38. The second kappa shape index (κ2) is 7.70. The molecule has 166 valence electrons. The third-order valence-corrected chi connectivity index (χ3v) is 9.06. The molecule has 2 aliphatic rings. The van der Waals surface area contributed by atoms with Crippen LogP contribution in [-0.4, -0.2) is 34.2 Å². The molecule has 5 nitrogen and oxygen atoms in total. The number of hydrogen-bond acceptors (Lipinski definition) is 4. The Bertz CT molecular complexity index is 835. The molecular formula is C24H36N2O3S. The summed E-state index contributed by atoms with van der Waals surface area (Å²) in [5, 5.41) is 27.0. The van der Waals surface area contributed by atoms with E-state index in [2.05, 4.69) is 45.3 Å². The van der Waals surface area contributed by atoms with Gasteiger partial charge in [0, 0.05) is 30.6 Å². The van der Waals surface area contributed by atoms with Gasteiger partial charge in [0.15, 0.2) is 10.9 Å². The van der Waals surface area contributed by atoms with Crippen LogP contribution in [0.2, 0.25) is 0 Å². The van der Waals surface area contributed by atoms with Crippen molar-refractivity contribution in [2.45, 2.75) is 66.3 Å². The predicted octanol–water partition coefficient (Wildman–Crippen LogP) is 4.62. The van der Waals surface area contributed by atoms with Crippen LogP contribution in [0.25, 0.3) is 0 Å². The zero-order valence-electron chi connectivity index (χ0n) is 19.0. The van der Waals surface area contributed by atoms with Gasteiger partial charge in [-0.3, -0.25) is 4.79 Å². The van der Waals surface area contributed by atoms with Crippen molar-refractivity contribution in [3.05, 3.63) is 23.8 Å². The largest absolute Gasteiger partial charge is 0.508 e. The van der Waals surface area contributed by atoms with E-state index >= 15 is 0 Å². The van der Waals surface area contributed by atoms with E-state index in [1.165, 1.54) is 18.2 Å². The number of aromatic hydroxyl groups is 2. The lowest BCUT2D eigenvalue weighted by Gasteiger charge is -2.67. The van der Waals surface area contributed by atoms with Crippen LogP contribution in [0.3, 0.4) is 0 Å². The molecule has 0 spiro atoms. The smallest absolute Gasteiger partial charge is 0.167 e. The SMILES string of the molecule is CNC(=S)N[C@@H]1C[C@@]2(C)C(C)(C)CCC[C@]2(C)[C@@H](C(=O)c2cc(O)cc(O)c2)[C@@H]1C. The van der Waals surface area contributed by atoms with Crippen molar-refractivity contribution in [2.24, 2.45) is 28.1 Å². The van der Waals surface area contributed by atoms with Gasteiger partial charge in [-0.1, -0.05) is 41.0 Å². The highest BCUT2D eigenvalue weighted by Gasteiger charge is 2.65. The maximum absolute atomic E-state index is 13.9. The second-order valence-electron chi connectivity index (χ2n) is 10.5. The number of fused-ring (bicyclic) bond motifs is 1. The van der Waals surface area contributed by atoms with Crippen LogP contribution in [0.15, 0.2) is 18.2 Å². The maximum Gasteiger partial charge on any atom is 0.167 e. The van der Waals surface area contributed by atoms with Crippen molar-refractivity contribution < 1.29 is 15.0 Å². The van der Waals surface area contributed by atoms with Gasteiger partial charge in [0.2, 0.25) is 0 Å². The van der Waals surface area contributed by atoms with Crippen LogP contribution in [0, 0.1) is 28.1 Å². The van der Waals surface area contributed by atoms with Crippen molar-refractivity contribution in [3.63, 3.8) is 0 Å². The number of hydrogen-bond donors (Lipinski definition) is 4. The summed E-state index contributed by atoms with van der Waals surface area (Å²) in [5.74, 6) is -0.411. The molecule has 0 aromatic heterocycles. The number of rotatable bonds is 3. The van der Waals surface area contributed by atoms with Gasteiger partial charge in [-0.2, -0.15) is 0 Å². The van der Waals surface area contributed by atoms with Crippen LogP contribution in [0.5, 0.6) is 11.5 Å². The summed E-state index contributed by atoms with van der Waals surface area (Å²) in [4.78, 5) is 13.9. The molecule has 2 fully saturated rings. The van der Waals surface area contributed by atoms with Crippen molar-refractivity contribution in [3.8, 4) is 11.5 Å². The Labute approximate surface area is 185 Å². The van der Waals surface area contributed by atoms with Gasteiger partial charge in [0.05, 0.1) is 0 Å². The zero-order valence-corrected chi connectivity index (χ0v) is 19.8. The van der Waals surface area contributed by atoms with E-state index in [1.54, 1.807) is 7.05 Å². The summed E-state index contributed by atoms with van der Waals surface area (Å²) in [7, 11) is 1.80. The highest BCUT2D eigenvalue weighted by molar-refractivity contribution is 7.80. The topological polar surface area (TPSA) is 81.6 Å². The molecule has 0 amide bonds. The first-order valence-electron chi connectivity index (χ1n) is 10.9. The van der Waals surface area contributed by atoms with Gasteiger partial charge < -0.3 is 20.8 Å². The Morgan fingerprint density at radius 3 is 2.27 bits per heavy atom. The fourth-order valence-corrected chi connectivity index (χ4v) is 6.69. The summed E-state index contributed by atoms with van der Waals surface area (Å²) in [6.45, 7) is 11.4. The predicted molar refractivity (Wildman–Crippen MR) is 124 cm³/mol. The molecule has 1 aromatic rings. The number of carbonyl (C=O) groups is 1. The highest BCUT2D eigenvalue weighted by Crippen LogP contribution is 2.68. The number of nitrogens with one attached hydrogen (secondary N) is 2. The minimum absolute atomic E-state index is 0.0120. The number of phenolic OH excluding ortho intramolecular Hbond substituents is 2. The molecule has 6 heteroatoms. The van der Waals surface area contributed by atoms with E-state index in [-0.39, 0.29) is 51.4 Å². The Kier molecular flexibility index (Phi) is 5.87. The average Bonchev–Trinajstić information content (AvgIpc) is 2.64. The summed E-state index contributed by atoms with van der Waals surface area (Å²) in [5.41, 5.74) is 0.158. The molecule has 2 saturated carbocycles. The summed E-state index contributed by atoms with van der Waals surface area (Å²) in [6, 6.07) is 4.25. The van der Waals surface area contributed by atoms with Gasteiger partial charge in [-0.25, -0.2) is 0 Å². The van der Waals surface area contributed by atoms with Crippen LogP contribution in [0.1, 0.15) is 70.7 Å². The van der Waals surface area contributed by atoms with Gasteiger partial charge in [0.1, 0.15) is 11.5 Å². The summed E-state index contributed by atoms with van der Waals surface area (Å²) in [6.07, 6.45) is 4.15. The third-order valence-electron chi connectivity index (χ3n) is 8.74. The van der Waals surface area contributed by atoms with Gasteiger partial charge in [0.25, 0.3) is 0 Å². The monoisotopic (exact) mass is 432 g/mol. The quantitative estimate of drug-likeness (QED) is 0.412. The molecule has 0 aliphatic heterocycles. The number of thiocarbonyl (C=S) groups is 1. The first kappa shape index (κ1) is 22.9. The Hall–Kier alpha value is -1.82. The lowest BCUT2D eigenvalue weighted by Crippen LogP contribution is -2.66. The molecule has 0 heterocycles. The molecule has 3 rings (SSSR count). The number of benzene rings is 1. The molecule has 0 radical (unpaired) electrons. The van der Waals surface area contributed by atoms with E-state index in [4.69, 9.17) is 12.2 Å². The van der Waals surface area contributed by atoms with Crippen LogP contribution < -0.4 is 10.6 Å². The van der Waals surface area contributed by atoms with Crippen molar-refractivity contribution in [2.75, 3.05) is 7.05 Å². The second-order valence-corrected chi connectivity index (χ2v) is 10.9. The standard InChI is InChI=1S/C24H36N2O3S/c1-14-18(26-21(30)25-6)13-24(5)22(2,3)8-7-9-23(24,4)19(14)20(29)15-10-16(27)12-17(28)11-15/h10-12,14,18-19,27-28H,7-9,13H2,1-6H3,(H2,25,26,30)/t14-,18-,19-,23-,24+/m1/s1. The van der Waals surface area contributed by atoms with E-state index in [1.807, 2.05) is 0 Å². The van der Waals surface area contributed by atoms with Crippen LogP contribution >= 0.6 is 12.2 Å². The normalized spacial score (nSPS) is 35.2. The Balaban J connectivity index is 2.13. The van der Waals surface area contributed by atoms with Crippen molar-refractivity contribution >= 4 is 23.1 Å². The Morgan fingerprint density at radius 2 is 1.70 bits per heavy atom. The van der Waals surface area contributed by atoms with E-state index < -0.39 is 0 Å². The first-order valence-corrected chi connectivity index (χ1v) is 11.3. The number of carbonyl (C=O) groups excluding carboxylic acids is 1. The maximum atomic E-state index is 13.9. The van der Waals surface area contributed by atoms with E-state index in [0.29, 0.717) is 10.7 Å². The van der Waals surface area contributed by atoms with Gasteiger partial charge >= 0.3 is 0 Å². The minimum atomic E-state index is -0.255. The molecule has 1 aromatic carbocycles. The molecule has 0 bridgehead atoms. The summed E-state index contributed by atoms with van der Waals surface area (Å²) < 4.78 is 0. The fraction of sp³-hybridized carbons (Fsp3) is 0.667. The number of phenols is 2. The molecule has 2 aliphatic carbocycles. The molecule has 0 saturated heterocycles. The highest BCUT2D eigenvalue weighted by atomic mass is 32.1. The molecule has 0 unspecified atom stereocenters. The van der Waals surface area contributed by atoms with Gasteiger partial charge in [-0.05, 0) is 65.8 Å². The molecular weight excluding hydrogens is 396 g/mol. The van der Waals surface area contributed by atoms with Crippen LogP contribution in [-0.2, 0) is 0 Å². The minimum Gasteiger partial charge on any atom is -0.508 e. The van der Waals surface area contributed by atoms with E-state index in [0.717, 1.165) is 25.7 Å². The fourth-order valence-electron chi connectivity index (χ4n) is 6.54. The zero-order chi connectivity index (χ0) is 22.5. The molecule has 4 N–H and O–H groups in total. The lowest BCUT2D eigenvalue weighted by molar-refractivity contribution is -0.162. The molecule has 5 atom stereocenters. The van der Waals surface area contributed by atoms with Crippen molar-refractivity contribution in [1.29, 1.82) is 0 Å². The van der Waals surface area contributed by atoms with Gasteiger partial charge in [-0.15, -0.1) is 0 Å². The third kappa shape index (κ3) is 3.47. The number of Topliss-reactive ketones (excluding diaryl/α,β-unsaturated/α-hetero) is 1. The summed E-state index contributed by atoms with van der Waals surface area (Å²) >= 11 is 5.42. The molecule has 30 heavy (non-hydrogen) atoms. The first-order chi connectivity index (χ1) is 13.9. The average molecular weight is 433 g/mol. The number of ketones is 1. The van der Waals surface area contributed by atoms with Crippen LogP contribution in [0.4, 0.5) is 0 Å².